The van der Waals surface area contributed by atoms with Crippen LogP contribution in [0.1, 0.15) is 50.9 Å². The molecule has 0 spiro atoms. The van der Waals surface area contributed by atoms with Crippen molar-refractivity contribution in [2.24, 2.45) is 0 Å². The maximum absolute atomic E-state index is 12.4. The molecule has 2 amide bonds. The highest BCUT2D eigenvalue weighted by Gasteiger charge is 2.24. The number of carbonyl (C=O) groups excluding carboxylic acids is 1. The zero-order chi connectivity index (χ0) is 18.4. The number of aromatic nitrogens is 2. The van der Waals surface area contributed by atoms with Crippen LogP contribution in [0.3, 0.4) is 0 Å². The van der Waals surface area contributed by atoms with Gasteiger partial charge in [-0.15, -0.1) is 0 Å². The number of hydrogen-bond acceptors (Lipinski definition) is 4. The summed E-state index contributed by atoms with van der Waals surface area (Å²) in [6.45, 7) is 5.68. The van der Waals surface area contributed by atoms with Gasteiger partial charge in [0.05, 0.1) is 0 Å². The number of nitrogens with zero attached hydrogens (tertiary/aromatic N) is 3. The fourth-order valence-corrected chi connectivity index (χ4v) is 3.44. The van der Waals surface area contributed by atoms with Crippen molar-refractivity contribution in [2.45, 2.75) is 58.4 Å². The summed E-state index contributed by atoms with van der Waals surface area (Å²) in [6, 6.07) is 8.54. The summed E-state index contributed by atoms with van der Waals surface area (Å²) in [7, 11) is 0. The SMILES string of the molecule is CCc1noc(-c2ccc(CCNC(=O)N3CCCCC3CC)cc2)n1. The molecule has 3 rings (SSSR count). The van der Waals surface area contributed by atoms with Crippen LogP contribution in [0.4, 0.5) is 4.79 Å². The molecule has 0 aliphatic carbocycles. The van der Waals surface area contributed by atoms with Crippen molar-refractivity contribution in [2.75, 3.05) is 13.1 Å². The van der Waals surface area contributed by atoms with Crippen molar-refractivity contribution in [1.29, 1.82) is 0 Å². The Labute approximate surface area is 155 Å². The molecular weight excluding hydrogens is 328 g/mol. The molecule has 2 aromatic rings. The van der Waals surface area contributed by atoms with Gasteiger partial charge in [-0.1, -0.05) is 31.1 Å². The summed E-state index contributed by atoms with van der Waals surface area (Å²) < 4.78 is 5.26. The molecule has 6 heteroatoms. The molecule has 1 aliphatic heterocycles. The largest absolute Gasteiger partial charge is 0.338 e. The third-order valence-electron chi connectivity index (χ3n) is 5.03. The Balaban J connectivity index is 1.49. The van der Waals surface area contributed by atoms with E-state index in [2.05, 4.69) is 22.4 Å². The van der Waals surface area contributed by atoms with E-state index < -0.39 is 0 Å². The van der Waals surface area contributed by atoms with E-state index in [0.29, 0.717) is 18.5 Å². The summed E-state index contributed by atoms with van der Waals surface area (Å²) in [6.07, 6.45) is 6.07. The first-order chi connectivity index (χ1) is 12.7. The second-order valence-corrected chi connectivity index (χ2v) is 6.80. The summed E-state index contributed by atoms with van der Waals surface area (Å²) >= 11 is 0. The Hall–Kier alpha value is -2.37. The Morgan fingerprint density at radius 2 is 2.08 bits per heavy atom. The number of carbonyl (C=O) groups is 1. The first kappa shape index (κ1) is 18.4. The quantitative estimate of drug-likeness (QED) is 0.854. The van der Waals surface area contributed by atoms with E-state index in [-0.39, 0.29) is 6.03 Å². The first-order valence-corrected chi connectivity index (χ1v) is 9.67. The zero-order valence-electron chi connectivity index (χ0n) is 15.7. The van der Waals surface area contributed by atoms with Crippen LogP contribution in [0.25, 0.3) is 11.5 Å². The van der Waals surface area contributed by atoms with Crippen molar-refractivity contribution in [3.05, 3.63) is 35.7 Å². The minimum Gasteiger partial charge on any atom is -0.338 e. The molecule has 1 unspecified atom stereocenters. The fourth-order valence-electron chi connectivity index (χ4n) is 3.44. The molecule has 0 saturated carbocycles. The molecule has 6 nitrogen and oxygen atoms in total. The Morgan fingerprint density at radius 1 is 1.27 bits per heavy atom. The number of amides is 2. The third-order valence-corrected chi connectivity index (χ3v) is 5.03. The maximum atomic E-state index is 12.4. The fraction of sp³-hybridized carbons (Fsp3) is 0.550. The first-order valence-electron chi connectivity index (χ1n) is 9.67. The van der Waals surface area contributed by atoms with Gasteiger partial charge in [0.2, 0.25) is 0 Å². The van der Waals surface area contributed by atoms with E-state index in [4.69, 9.17) is 4.52 Å². The van der Waals surface area contributed by atoms with Gasteiger partial charge in [-0.3, -0.25) is 0 Å². The maximum Gasteiger partial charge on any atom is 0.317 e. The molecule has 140 valence electrons. The van der Waals surface area contributed by atoms with Crippen LogP contribution in [-0.2, 0) is 12.8 Å². The lowest BCUT2D eigenvalue weighted by Gasteiger charge is -2.35. The number of rotatable bonds is 6. The molecule has 0 bridgehead atoms. The van der Waals surface area contributed by atoms with Gasteiger partial charge in [-0.25, -0.2) is 4.79 Å². The number of urea groups is 1. The average Bonchev–Trinajstić information content (AvgIpc) is 3.17. The lowest BCUT2D eigenvalue weighted by molar-refractivity contribution is 0.149. The molecule has 1 aliphatic rings. The van der Waals surface area contributed by atoms with Crippen molar-refractivity contribution in [3.8, 4) is 11.5 Å². The second kappa shape index (κ2) is 8.83. The van der Waals surface area contributed by atoms with Crippen LogP contribution in [0.5, 0.6) is 0 Å². The summed E-state index contributed by atoms with van der Waals surface area (Å²) in [5, 5.41) is 6.99. The second-order valence-electron chi connectivity index (χ2n) is 6.80. The van der Waals surface area contributed by atoms with Gasteiger partial charge in [-0.2, -0.15) is 4.98 Å². The van der Waals surface area contributed by atoms with E-state index >= 15 is 0 Å². The topological polar surface area (TPSA) is 71.3 Å². The van der Waals surface area contributed by atoms with E-state index in [0.717, 1.165) is 50.0 Å². The molecule has 1 aromatic heterocycles. The molecule has 1 aromatic carbocycles. The van der Waals surface area contributed by atoms with Crippen LogP contribution < -0.4 is 5.32 Å². The lowest BCUT2D eigenvalue weighted by Crippen LogP contribution is -2.48. The van der Waals surface area contributed by atoms with Gasteiger partial charge in [0.15, 0.2) is 5.82 Å². The van der Waals surface area contributed by atoms with Gasteiger partial charge in [-0.05, 0) is 49.8 Å². The van der Waals surface area contributed by atoms with Gasteiger partial charge in [0, 0.05) is 31.1 Å². The molecule has 1 fully saturated rings. The van der Waals surface area contributed by atoms with Crippen LogP contribution in [0.2, 0.25) is 0 Å². The molecule has 26 heavy (non-hydrogen) atoms. The number of nitrogens with one attached hydrogen (secondary N) is 1. The molecule has 2 heterocycles. The van der Waals surface area contributed by atoms with E-state index in [1.54, 1.807) is 0 Å². The van der Waals surface area contributed by atoms with E-state index in [9.17, 15) is 4.79 Å². The normalized spacial score (nSPS) is 17.3. The highest BCUT2D eigenvalue weighted by Crippen LogP contribution is 2.20. The van der Waals surface area contributed by atoms with Gasteiger partial charge >= 0.3 is 6.03 Å². The predicted octanol–water partition coefficient (Wildman–Crippen LogP) is 3.82. The molecule has 1 saturated heterocycles. The van der Waals surface area contributed by atoms with Crippen molar-refractivity contribution < 1.29 is 9.32 Å². The van der Waals surface area contributed by atoms with Crippen molar-refractivity contribution in [1.82, 2.24) is 20.4 Å². The highest BCUT2D eigenvalue weighted by atomic mass is 16.5. The van der Waals surface area contributed by atoms with Crippen LogP contribution in [-0.4, -0.2) is 40.2 Å². The Bertz CT molecular complexity index is 711. The van der Waals surface area contributed by atoms with Crippen LogP contribution >= 0.6 is 0 Å². The number of benzene rings is 1. The summed E-state index contributed by atoms with van der Waals surface area (Å²) in [5.41, 5.74) is 2.10. The van der Waals surface area contributed by atoms with Gasteiger partial charge in [0.25, 0.3) is 5.89 Å². The molecule has 0 radical (unpaired) electrons. The monoisotopic (exact) mass is 356 g/mol. The van der Waals surface area contributed by atoms with Crippen molar-refractivity contribution in [3.63, 3.8) is 0 Å². The van der Waals surface area contributed by atoms with Crippen LogP contribution in [0, 0.1) is 0 Å². The third kappa shape index (κ3) is 4.42. The van der Waals surface area contributed by atoms with Crippen molar-refractivity contribution >= 4 is 6.03 Å². The number of aryl methyl sites for hydroxylation is 1. The standard InChI is InChI=1S/C20H28N4O2/c1-3-17-7-5-6-14-24(17)20(25)21-13-12-15-8-10-16(11-9-15)19-22-18(4-2)23-26-19/h8-11,17H,3-7,12-14H2,1-2H3,(H,21,25). The Morgan fingerprint density at radius 3 is 2.77 bits per heavy atom. The van der Waals surface area contributed by atoms with Crippen LogP contribution in [0.15, 0.2) is 28.8 Å². The minimum atomic E-state index is 0.0751. The zero-order valence-corrected chi connectivity index (χ0v) is 15.7. The van der Waals surface area contributed by atoms with E-state index in [1.807, 2.05) is 36.1 Å². The smallest absolute Gasteiger partial charge is 0.317 e. The lowest BCUT2D eigenvalue weighted by atomic mass is 10.0. The molecular formula is C20H28N4O2. The summed E-state index contributed by atoms with van der Waals surface area (Å²) in [4.78, 5) is 18.8. The minimum absolute atomic E-state index is 0.0751. The van der Waals surface area contributed by atoms with Gasteiger partial charge < -0.3 is 14.7 Å². The van der Waals surface area contributed by atoms with Gasteiger partial charge in [0.1, 0.15) is 0 Å². The molecule has 1 N–H and O–H groups in total. The average molecular weight is 356 g/mol. The highest BCUT2D eigenvalue weighted by molar-refractivity contribution is 5.74. The van der Waals surface area contributed by atoms with E-state index in [1.165, 1.54) is 12.0 Å². The Kier molecular flexibility index (Phi) is 6.26. The summed E-state index contributed by atoms with van der Waals surface area (Å²) in [5.74, 6) is 1.27. The number of hydrogen-bond donors (Lipinski definition) is 1. The number of piperidine rings is 1. The number of likely N-dealkylation sites (tertiary alicyclic amines) is 1. The predicted molar refractivity (Wildman–Crippen MR) is 101 cm³/mol. The molecule has 1 atom stereocenters.